The third kappa shape index (κ3) is 5.75. The Labute approximate surface area is 118 Å². The number of anilines is 1. The fourth-order valence-electron chi connectivity index (χ4n) is 1.58. The summed E-state index contributed by atoms with van der Waals surface area (Å²) in [7, 11) is 0. The molecular weight excluding hydrogens is 264 g/mol. The zero-order valence-corrected chi connectivity index (χ0v) is 11.8. The van der Waals surface area contributed by atoms with Crippen molar-refractivity contribution in [2.75, 3.05) is 11.9 Å². The summed E-state index contributed by atoms with van der Waals surface area (Å²) in [4.78, 5) is 23.1. The summed E-state index contributed by atoms with van der Waals surface area (Å²) in [5.41, 5.74) is 0.440. The number of hydrogen-bond donors (Lipinski definition) is 2. The van der Waals surface area contributed by atoms with E-state index in [1.54, 1.807) is 24.3 Å². The van der Waals surface area contributed by atoms with Gasteiger partial charge < -0.3 is 10.6 Å². The second-order valence-electron chi connectivity index (χ2n) is 4.25. The van der Waals surface area contributed by atoms with Gasteiger partial charge in [-0.25, -0.2) is 0 Å². The van der Waals surface area contributed by atoms with Gasteiger partial charge >= 0.3 is 11.8 Å². The second kappa shape index (κ2) is 8.53. The van der Waals surface area contributed by atoms with Gasteiger partial charge in [-0.05, 0) is 18.6 Å². The SMILES string of the molecule is CCCCCCNC(=O)C(=O)Nc1ccccc1Cl. The number of nitrogens with one attached hydrogen (secondary N) is 2. The number of para-hydroxylation sites is 1. The van der Waals surface area contributed by atoms with E-state index in [-0.39, 0.29) is 0 Å². The van der Waals surface area contributed by atoms with Crippen LogP contribution in [0.15, 0.2) is 24.3 Å². The van der Waals surface area contributed by atoms with Gasteiger partial charge in [0, 0.05) is 6.54 Å². The molecule has 19 heavy (non-hydrogen) atoms. The van der Waals surface area contributed by atoms with Gasteiger partial charge in [0.1, 0.15) is 0 Å². The number of hydrogen-bond acceptors (Lipinski definition) is 2. The lowest BCUT2D eigenvalue weighted by molar-refractivity contribution is -0.136. The van der Waals surface area contributed by atoms with E-state index in [9.17, 15) is 9.59 Å². The molecule has 0 atom stereocenters. The Morgan fingerprint density at radius 1 is 1.11 bits per heavy atom. The Morgan fingerprint density at radius 3 is 2.53 bits per heavy atom. The molecule has 0 unspecified atom stereocenters. The van der Waals surface area contributed by atoms with E-state index in [1.807, 2.05) is 0 Å². The number of unbranched alkanes of at least 4 members (excludes halogenated alkanes) is 3. The quantitative estimate of drug-likeness (QED) is 0.622. The molecule has 1 rings (SSSR count). The fourth-order valence-corrected chi connectivity index (χ4v) is 1.76. The summed E-state index contributed by atoms with van der Waals surface area (Å²) >= 11 is 5.89. The highest BCUT2D eigenvalue weighted by molar-refractivity contribution is 6.41. The Kier molecular flexibility index (Phi) is 6.97. The number of rotatable bonds is 6. The lowest BCUT2D eigenvalue weighted by atomic mass is 10.2. The Morgan fingerprint density at radius 2 is 1.84 bits per heavy atom. The molecule has 104 valence electrons. The van der Waals surface area contributed by atoms with E-state index in [4.69, 9.17) is 11.6 Å². The highest BCUT2D eigenvalue weighted by Crippen LogP contribution is 2.20. The molecule has 0 aliphatic heterocycles. The van der Waals surface area contributed by atoms with E-state index in [2.05, 4.69) is 17.6 Å². The van der Waals surface area contributed by atoms with Crippen LogP contribution >= 0.6 is 11.6 Å². The van der Waals surface area contributed by atoms with Crippen LogP contribution < -0.4 is 10.6 Å². The standard InChI is InChI=1S/C14H19ClN2O2/c1-2-3-4-7-10-16-13(18)14(19)17-12-9-6-5-8-11(12)15/h5-6,8-9H,2-4,7,10H2,1H3,(H,16,18)(H,17,19). The predicted octanol–water partition coefficient (Wildman–Crippen LogP) is 2.98. The summed E-state index contributed by atoms with van der Waals surface area (Å²) in [6, 6.07) is 6.80. The van der Waals surface area contributed by atoms with Gasteiger partial charge in [-0.1, -0.05) is 49.9 Å². The van der Waals surface area contributed by atoms with Crippen LogP contribution in [0.5, 0.6) is 0 Å². The first-order chi connectivity index (χ1) is 9.15. The van der Waals surface area contributed by atoms with E-state index < -0.39 is 11.8 Å². The van der Waals surface area contributed by atoms with E-state index >= 15 is 0 Å². The normalized spacial score (nSPS) is 10.0. The summed E-state index contributed by atoms with van der Waals surface area (Å²) in [5.74, 6) is -1.32. The molecule has 0 heterocycles. The molecule has 2 N–H and O–H groups in total. The van der Waals surface area contributed by atoms with Gasteiger partial charge in [-0.15, -0.1) is 0 Å². The van der Waals surface area contributed by atoms with Gasteiger partial charge in [0.15, 0.2) is 0 Å². The number of amides is 2. The molecule has 0 aliphatic rings. The van der Waals surface area contributed by atoms with Crippen molar-refractivity contribution in [3.63, 3.8) is 0 Å². The van der Waals surface area contributed by atoms with Gasteiger partial charge in [0.2, 0.25) is 0 Å². The molecule has 4 nitrogen and oxygen atoms in total. The van der Waals surface area contributed by atoms with Crippen molar-refractivity contribution in [1.29, 1.82) is 0 Å². The molecule has 0 saturated heterocycles. The van der Waals surface area contributed by atoms with Gasteiger partial charge in [-0.3, -0.25) is 9.59 Å². The molecule has 0 aromatic heterocycles. The first-order valence-corrected chi connectivity index (χ1v) is 6.86. The number of benzene rings is 1. The molecule has 0 saturated carbocycles. The van der Waals surface area contributed by atoms with Crippen molar-refractivity contribution >= 4 is 29.1 Å². The van der Waals surface area contributed by atoms with Crippen LogP contribution in [0.3, 0.4) is 0 Å². The molecule has 0 fully saturated rings. The maximum Gasteiger partial charge on any atom is 0.313 e. The Hall–Kier alpha value is -1.55. The van der Waals surface area contributed by atoms with Crippen molar-refractivity contribution < 1.29 is 9.59 Å². The molecule has 0 aliphatic carbocycles. The minimum atomic E-state index is -0.691. The minimum absolute atomic E-state index is 0.409. The average molecular weight is 283 g/mol. The fraction of sp³-hybridized carbons (Fsp3) is 0.429. The van der Waals surface area contributed by atoms with Crippen LogP contribution in [0.4, 0.5) is 5.69 Å². The lowest BCUT2D eigenvalue weighted by Gasteiger charge is -2.07. The number of halogens is 1. The topological polar surface area (TPSA) is 58.2 Å². The monoisotopic (exact) mass is 282 g/mol. The second-order valence-corrected chi connectivity index (χ2v) is 4.66. The molecular formula is C14H19ClN2O2. The summed E-state index contributed by atoms with van der Waals surface area (Å²) in [6.45, 7) is 2.64. The molecule has 0 spiro atoms. The number of carbonyl (C=O) groups excluding carboxylic acids is 2. The zero-order valence-electron chi connectivity index (χ0n) is 11.0. The van der Waals surface area contributed by atoms with Crippen LogP contribution in [0.1, 0.15) is 32.6 Å². The highest BCUT2D eigenvalue weighted by atomic mass is 35.5. The number of carbonyl (C=O) groups is 2. The van der Waals surface area contributed by atoms with Gasteiger partial charge in [0.25, 0.3) is 0 Å². The van der Waals surface area contributed by atoms with Crippen molar-refractivity contribution in [3.8, 4) is 0 Å². The van der Waals surface area contributed by atoms with Crippen LogP contribution in [-0.2, 0) is 9.59 Å². The third-order valence-electron chi connectivity index (χ3n) is 2.64. The smallest absolute Gasteiger partial charge is 0.313 e. The first kappa shape index (κ1) is 15.5. The van der Waals surface area contributed by atoms with Crippen molar-refractivity contribution in [3.05, 3.63) is 29.3 Å². The van der Waals surface area contributed by atoms with E-state index in [1.165, 1.54) is 0 Å². The summed E-state index contributed by atoms with van der Waals surface area (Å²) in [5, 5.41) is 5.47. The molecule has 2 amide bonds. The highest BCUT2D eigenvalue weighted by Gasteiger charge is 2.13. The van der Waals surface area contributed by atoms with Crippen LogP contribution in [0, 0.1) is 0 Å². The molecule has 0 radical (unpaired) electrons. The summed E-state index contributed by atoms with van der Waals surface area (Å²) < 4.78 is 0. The molecule has 0 bridgehead atoms. The van der Waals surface area contributed by atoms with Gasteiger partial charge in [0.05, 0.1) is 10.7 Å². The maximum absolute atomic E-state index is 11.6. The molecule has 5 heteroatoms. The van der Waals surface area contributed by atoms with Gasteiger partial charge in [-0.2, -0.15) is 0 Å². The van der Waals surface area contributed by atoms with Crippen molar-refractivity contribution in [2.45, 2.75) is 32.6 Å². The van der Waals surface area contributed by atoms with Crippen molar-refractivity contribution in [2.24, 2.45) is 0 Å². The van der Waals surface area contributed by atoms with Crippen LogP contribution in [0.25, 0.3) is 0 Å². The van der Waals surface area contributed by atoms with Crippen LogP contribution in [-0.4, -0.2) is 18.4 Å². The van der Waals surface area contributed by atoms with E-state index in [0.717, 1.165) is 25.7 Å². The minimum Gasteiger partial charge on any atom is -0.348 e. The average Bonchev–Trinajstić information content (AvgIpc) is 2.41. The van der Waals surface area contributed by atoms with Crippen LogP contribution in [0.2, 0.25) is 5.02 Å². The zero-order chi connectivity index (χ0) is 14.1. The third-order valence-corrected chi connectivity index (χ3v) is 2.97. The largest absolute Gasteiger partial charge is 0.348 e. The Balaban J connectivity index is 2.33. The maximum atomic E-state index is 11.6. The predicted molar refractivity (Wildman–Crippen MR) is 77.2 cm³/mol. The lowest BCUT2D eigenvalue weighted by Crippen LogP contribution is -2.35. The molecule has 1 aromatic rings. The Bertz CT molecular complexity index is 435. The molecule has 1 aromatic carbocycles. The van der Waals surface area contributed by atoms with E-state index in [0.29, 0.717) is 17.3 Å². The van der Waals surface area contributed by atoms with Crippen molar-refractivity contribution in [1.82, 2.24) is 5.32 Å². The first-order valence-electron chi connectivity index (χ1n) is 6.49. The summed E-state index contributed by atoms with van der Waals surface area (Å²) in [6.07, 6.45) is 4.23.